The van der Waals surface area contributed by atoms with Crippen molar-refractivity contribution in [1.29, 1.82) is 0 Å². The Morgan fingerprint density at radius 1 is 1.12 bits per heavy atom. The molecule has 0 saturated heterocycles. The smallest absolute Gasteiger partial charge is 1.00 e. The first-order valence-corrected chi connectivity index (χ1v) is 1.11. The van der Waals surface area contributed by atoms with E-state index in [1.54, 1.807) is 0 Å². The summed E-state index contributed by atoms with van der Waals surface area (Å²) in [7, 11) is 0. The molecule has 0 fully saturated rings. The van der Waals surface area contributed by atoms with Gasteiger partial charge in [-0.1, -0.05) is 0 Å². The van der Waals surface area contributed by atoms with Crippen molar-refractivity contribution in [2.45, 2.75) is 0 Å². The standard InChI is InChI=1S/C2H2O4.Ca.Ce.2H/c3-1(4)2(5)6;;;;/h(H,3,4)(H,5,6);;;;/q;+2;;2*-1. The van der Waals surface area contributed by atoms with Crippen LogP contribution in [0.1, 0.15) is 2.85 Å². The number of hydrogen-bond donors (Lipinski definition) is 2. The van der Waals surface area contributed by atoms with Gasteiger partial charge in [-0.3, -0.25) is 0 Å². The van der Waals surface area contributed by atoms with E-state index in [-0.39, 0.29) is 82.3 Å². The number of carboxylic acids is 2. The van der Waals surface area contributed by atoms with Crippen LogP contribution < -0.4 is 0 Å². The summed E-state index contributed by atoms with van der Waals surface area (Å²) in [5, 5.41) is 14.8. The third kappa shape index (κ3) is 10.5. The van der Waals surface area contributed by atoms with Crippen molar-refractivity contribution in [3.05, 3.63) is 0 Å². The summed E-state index contributed by atoms with van der Waals surface area (Å²) in [6.45, 7) is 0. The maximum atomic E-state index is 9.10. The Hall–Kier alpha value is 1.58. The molecule has 4 nitrogen and oxygen atoms in total. The van der Waals surface area contributed by atoms with Crippen LogP contribution in [0.2, 0.25) is 0 Å². The minimum absolute atomic E-state index is 0. The van der Waals surface area contributed by atoms with E-state index in [4.69, 9.17) is 19.8 Å². The maximum Gasteiger partial charge on any atom is 2.00 e. The number of rotatable bonds is 0. The SMILES string of the molecule is O=C(O)C(=O)O.[Ca+2].[Ce].[H-].[H-]. The van der Waals surface area contributed by atoms with Crippen LogP contribution in [0.5, 0.6) is 0 Å². The van der Waals surface area contributed by atoms with Crippen molar-refractivity contribution in [3.63, 3.8) is 0 Å². The minimum atomic E-state index is -1.82. The summed E-state index contributed by atoms with van der Waals surface area (Å²) in [5.41, 5.74) is 0. The van der Waals surface area contributed by atoms with Gasteiger partial charge < -0.3 is 13.1 Å². The van der Waals surface area contributed by atoms with Gasteiger partial charge in [0, 0.05) is 41.7 Å². The molecule has 0 aromatic rings. The summed E-state index contributed by atoms with van der Waals surface area (Å²) in [4.78, 5) is 18.2. The molecule has 0 heterocycles. The van der Waals surface area contributed by atoms with Crippen molar-refractivity contribution in [3.8, 4) is 0 Å². The zero-order chi connectivity index (χ0) is 5.15. The molecule has 0 bridgehead atoms. The summed E-state index contributed by atoms with van der Waals surface area (Å²) in [6.07, 6.45) is 0. The molecular formula is C2H4CaCeO4. The minimum Gasteiger partial charge on any atom is -1.00 e. The largest absolute Gasteiger partial charge is 2.00 e. The van der Waals surface area contributed by atoms with Gasteiger partial charge in [0.1, 0.15) is 0 Å². The topological polar surface area (TPSA) is 74.6 Å². The van der Waals surface area contributed by atoms with Crippen LogP contribution in [0.4, 0.5) is 0 Å². The van der Waals surface area contributed by atoms with Gasteiger partial charge >= 0.3 is 49.7 Å². The van der Waals surface area contributed by atoms with Gasteiger partial charge in [0.15, 0.2) is 0 Å². The van der Waals surface area contributed by atoms with Crippen LogP contribution in [0, 0.1) is 41.7 Å². The van der Waals surface area contributed by atoms with Gasteiger partial charge in [-0.05, 0) is 0 Å². The van der Waals surface area contributed by atoms with Crippen molar-refractivity contribution >= 4 is 49.7 Å². The fourth-order valence-electron chi connectivity index (χ4n) is 0. The van der Waals surface area contributed by atoms with Gasteiger partial charge in [-0.15, -0.1) is 0 Å². The Labute approximate surface area is 112 Å². The van der Waals surface area contributed by atoms with E-state index in [0.29, 0.717) is 0 Å². The van der Waals surface area contributed by atoms with E-state index in [1.165, 1.54) is 0 Å². The Balaban J connectivity index is -0.0000000208. The van der Waals surface area contributed by atoms with Gasteiger partial charge in [-0.2, -0.15) is 0 Å². The van der Waals surface area contributed by atoms with Gasteiger partial charge in [-0.25, -0.2) is 9.59 Å². The molecule has 0 spiro atoms. The predicted octanol–water partition coefficient (Wildman–Crippen LogP) is -1.00. The second-order valence-electron chi connectivity index (χ2n) is 0.610. The molecular weight excluding hydrogens is 268 g/mol. The molecule has 2 N–H and O–H groups in total. The molecule has 6 heteroatoms. The van der Waals surface area contributed by atoms with Gasteiger partial charge in [0.2, 0.25) is 0 Å². The Bertz CT molecular complexity index is 87.3. The Morgan fingerprint density at radius 2 is 1.25 bits per heavy atom. The van der Waals surface area contributed by atoms with E-state index < -0.39 is 11.9 Å². The number of aliphatic carboxylic acids is 2. The average molecular weight is 272 g/mol. The van der Waals surface area contributed by atoms with E-state index in [0.717, 1.165) is 0 Å². The van der Waals surface area contributed by atoms with E-state index in [1.807, 2.05) is 0 Å². The predicted molar refractivity (Wildman–Crippen MR) is 23.2 cm³/mol. The van der Waals surface area contributed by atoms with Crippen LogP contribution in [-0.2, 0) is 9.59 Å². The molecule has 8 heavy (non-hydrogen) atoms. The zero-order valence-corrected chi connectivity index (χ0v) is 9.27. The molecule has 0 saturated carbocycles. The molecule has 0 aromatic heterocycles. The van der Waals surface area contributed by atoms with Gasteiger partial charge in [0.25, 0.3) is 0 Å². The van der Waals surface area contributed by atoms with Gasteiger partial charge in [0.05, 0.1) is 0 Å². The molecule has 42 valence electrons. The van der Waals surface area contributed by atoms with Crippen molar-refractivity contribution in [1.82, 2.24) is 0 Å². The van der Waals surface area contributed by atoms with Crippen molar-refractivity contribution < 1.29 is 64.4 Å². The fourth-order valence-corrected chi connectivity index (χ4v) is 0. The molecule has 0 aliphatic rings. The monoisotopic (exact) mass is 272 g/mol. The van der Waals surface area contributed by atoms with Crippen LogP contribution in [0.25, 0.3) is 0 Å². The second-order valence-corrected chi connectivity index (χ2v) is 0.610. The maximum absolute atomic E-state index is 9.10. The number of carboxylic acid groups (broad SMARTS) is 2. The quantitative estimate of drug-likeness (QED) is 0.438. The fraction of sp³-hybridized carbons (Fsp3) is 0. The van der Waals surface area contributed by atoms with E-state index >= 15 is 0 Å². The second kappa shape index (κ2) is 8.58. The van der Waals surface area contributed by atoms with Crippen molar-refractivity contribution in [2.75, 3.05) is 0 Å². The molecule has 0 radical (unpaired) electrons. The number of hydrogen-bond acceptors (Lipinski definition) is 2. The van der Waals surface area contributed by atoms with Crippen molar-refractivity contribution in [2.24, 2.45) is 0 Å². The first kappa shape index (κ1) is 16.3. The van der Waals surface area contributed by atoms with E-state index in [2.05, 4.69) is 0 Å². The average Bonchev–Trinajstić information content (AvgIpc) is 1.36. The molecule has 0 unspecified atom stereocenters. The zero-order valence-electron chi connectivity index (χ0n) is 5.92. The third-order valence-corrected chi connectivity index (χ3v) is 0.183. The van der Waals surface area contributed by atoms with Crippen LogP contribution >= 0.6 is 0 Å². The summed E-state index contributed by atoms with van der Waals surface area (Å²) in [6, 6.07) is 0. The Kier molecular flexibility index (Phi) is 17.5. The molecule has 0 atom stereocenters. The first-order valence-electron chi connectivity index (χ1n) is 1.11. The molecule has 0 rings (SSSR count). The third-order valence-electron chi connectivity index (χ3n) is 0.183. The van der Waals surface area contributed by atoms with E-state index in [9.17, 15) is 0 Å². The molecule has 0 aliphatic heterocycles. The van der Waals surface area contributed by atoms with Crippen LogP contribution in [-0.4, -0.2) is 59.9 Å². The summed E-state index contributed by atoms with van der Waals surface area (Å²) in [5.74, 6) is -3.65. The van der Waals surface area contributed by atoms with Crippen LogP contribution in [0.3, 0.4) is 0 Å². The summed E-state index contributed by atoms with van der Waals surface area (Å²) >= 11 is 0. The number of carbonyl (C=O) groups is 2. The first-order chi connectivity index (χ1) is 2.64. The Morgan fingerprint density at radius 3 is 1.25 bits per heavy atom. The molecule has 0 amide bonds. The van der Waals surface area contributed by atoms with Crippen LogP contribution in [0.15, 0.2) is 0 Å². The molecule has 0 aromatic carbocycles. The summed E-state index contributed by atoms with van der Waals surface area (Å²) < 4.78 is 0. The normalized spacial score (nSPS) is 5.50. The molecule has 0 aliphatic carbocycles.